The normalized spacial score (nSPS) is 11.2. The maximum atomic E-state index is 13.1. The van der Waals surface area contributed by atoms with Crippen LogP contribution >= 0.6 is 0 Å². The number of ether oxygens (including phenoxy) is 1. The Labute approximate surface area is 187 Å². The van der Waals surface area contributed by atoms with E-state index in [0.29, 0.717) is 18.7 Å². The molecule has 0 spiro atoms. The molecule has 168 valence electrons. The van der Waals surface area contributed by atoms with E-state index in [1.807, 2.05) is 30.3 Å². The van der Waals surface area contributed by atoms with Gasteiger partial charge in [0.05, 0.1) is 13.0 Å². The molecule has 8 heteroatoms. The van der Waals surface area contributed by atoms with E-state index < -0.39 is 15.9 Å². The van der Waals surface area contributed by atoms with Crippen molar-refractivity contribution in [3.05, 3.63) is 95.8 Å². The Morgan fingerprint density at radius 1 is 0.938 bits per heavy atom. The maximum Gasteiger partial charge on any atom is 0.339 e. The Hall–Kier alpha value is -3.23. The summed E-state index contributed by atoms with van der Waals surface area (Å²) in [7, 11) is -2.55. The highest BCUT2D eigenvalue weighted by molar-refractivity contribution is 7.87. The maximum absolute atomic E-state index is 13.1. The van der Waals surface area contributed by atoms with Crippen LogP contribution in [0, 0.1) is 5.82 Å². The number of amides is 1. The average molecular weight is 458 g/mol. The molecular weight excluding hydrogens is 433 g/mol. The first-order valence-corrected chi connectivity index (χ1v) is 11.4. The fourth-order valence-corrected chi connectivity index (χ4v) is 3.99. The van der Waals surface area contributed by atoms with Gasteiger partial charge in [-0.15, -0.1) is 0 Å². The summed E-state index contributed by atoms with van der Waals surface area (Å²) in [6, 6.07) is 20.3. The van der Waals surface area contributed by atoms with Crippen molar-refractivity contribution < 1.29 is 26.5 Å². The highest BCUT2D eigenvalue weighted by Crippen LogP contribution is 2.21. The molecule has 0 bridgehead atoms. The van der Waals surface area contributed by atoms with Crippen LogP contribution in [0.1, 0.15) is 11.1 Å². The number of halogens is 1. The van der Waals surface area contributed by atoms with Gasteiger partial charge in [-0.3, -0.25) is 4.79 Å². The molecule has 6 nitrogen and oxygen atoms in total. The summed E-state index contributed by atoms with van der Waals surface area (Å²) in [4.78, 5) is 14.4. The lowest BCUT2D eigenvalue weighted by Crippen LogP contribution is -2.34. The zero-order chi connectivity index (χ0) is 23.0. The second kappa shape index (κ2) is 10.9. The molecule has 0 unspecified atom stereocenters. The number of carbonyl (C=O) groups is 1. The van der Waals surface area contributed by atoms with Crippen LogP contribution < -0.4 is 4.18 Å². The van der Waals surface area contributed by atoms with Crippen LogP contribution in [0.2, 0.25) is 0 Å². The molecule has 1 amide bonds. The zero-order valence-electron chi connectivity index (χ0n) is 17.6. The van der Waals surface area contributed by atoms with E-state index in [4.69, 9.17) is 8.92 Å². The van der Waals surface area contributed by atoms with Crippen LogP contribution in [0.5, 0.6) is 5.75 Å². The molecule has 0 fully saturated rings. The van der Waals surface area contributed by atoms with Crippen LogP contribution in [0.25, 0.3) is 0 Å². The molecule has 0 aromatic heterocycles. The number of nitrogens with zero attached hydrogens (tertiary/aromatic N) is 1. The zero-order valence-corrected chi connectivity index (χ0v) is 18.4. The van der Waals surface area contributed by atoms with Crippen LogP contribution in [-0.4, -0.2) is 39.5 Å². The summed E-state index contributed by atoms with van der Waals surface area (Å²) < 4.78 is 48.4. The van der Waals surface area contributed by atoms with Crippen molar-refractivity contribution in [3.8, 4) is 5.75 Å². The molecule has 3 aromatic carbocycles. The first-order valence-electron chi connectivity index (χ1n) is 9.97. The number of rotatable bonds is 10. The van der Waals surface area contributed by atoms with Crippen molar-refractivity contribution in [3.63, 3.8) is 0 Å². The molecule has 32 heavy (non-hydrogen) atoms. The van der Waals surface area contributed by atoms with Crippen LogP contribution in [0.4, 0.5) is 4.39 Å². The molecule has 0 atom stereocenters. The molecule has 0 heterocycles. The smallest absolute Gasteiger partial charge is 0.339 e. The Kier molecular flexibility index (Phi) is 7.97. The SMILES string of the molecule is COCCN(Cc1cccc(OS(=O)(=O)c2ccc(F)cc2)c1)C(=O)Cc1ccccc1. The first kappa shape index (κ1) is 23.4. The predicted molar refractivity (Wildman–Crippen MR) is 118 cm³/mol. The molecule has 0 saturated heterocycles. The Balaban J connectivity index is 1.74. The summed E-state index contributed by atoms with van der Waals surface area (Å²) in [5.41, 5.74) is 1.61. The fourth-order valence-electron chi connectivity index (χ4n) is 3.07. The average Bonchev–Trinajstić information content (AvgIpc) is 2.77. The number of benzene rings is 3. The minimum Gasteiger partial charge on any atom is -0.383 e. The number of hydrogen-bond donors (Lipinski definition) is 0. The molecule has 0 saturated carbocycles. The van der Waals surface area contributed by atoms with E-state index in [0.717, 1.165) is 29.8 Å². The van der Waals surface area contributed by atoms with Crippen molar-refractivity contribution in [1.29, 1.82) is 0 Å². The van der Waals surface area contributed by atoms with E-state index >= 15 is 0 Å². The summed E-state index contributed by atoms with van der Waals surface area (Å²) in [6.45, 7) is 1.03. The van der Waals surface area contributed by atoms with Crippen LogP contribution in [0.15, 0.2) is 83.8 Å². The minimum absolute atomic E-state index is 0.0708. The second-order valence-electron chi connectivity index (χ2n) is 7.11. The minimum atomic E-state index is -4.11. The Bertz CT molecular complexity index is 1130. The van der Waals surface area contributed by atoms with Crippen molar-refractivity contribution >= 4 is 16.0 Å². The van der Waals surface area contributed by atoms with Gasteiger partial charge >= 0.3 is 10.1 Å². The topological polar surface area (TPSA) is 72.9 Å². The van der Waals surface area contributed by atoms with Gasteiger partial charge in [0.2, 0.25) is 5.91 Å². The van der Waals surface area contributed by atoms with Gasteiger partial charge in [-0.1, -0.05) is 42.5 Å². The third kappa shape index (κ3) is 6.63. The Morgan fingerprint density at radius 2 is 1.62 bits per heavy atom. The van der Waals surface area contributed by atoms with E-state index in [9.17, 15) is 17.6 Å². The first-order chi connectivity index (χ1) is 15.4. The highest BCUT2D eigenvalue weighted by Gasteiger charge is 2.18. The molecule has 3 aromatic rings. The summed E-state index contributed by atoms with van der Waals surface area (Å²) in [5, 5.41) is 0. The number of methoxy groups -OCH3 is 1. The molecular formula is C24H24FNO5S. The van der Waals surface area contributed by atoms with Gasteiger partial charge in [0, 0.05) is 20.2 Å². The van der Waals surface area contributed by atoms with Gasteiger partial charge in [0.1, 0.15) is 16.5 Å². The number of hydrogen-bond acceptors (Lipinski definition) is 5. The fraction of sp³-hybridized carbons (Fsp3) is 0.208. The lowest BCUT2D eigenvalue weighted by atomic mass is 10.1. The van der Waals surface area contributed by atoms with Gasteiger partial charge in [0.15, 0.2) is 0 Å². The third-order valence-corrected chi connectivity index (χ3v) is 5.96. The van der Waals surface area contributed by atoms with E-state index in [2.05, 4.69) is 0 Å². The van der Waals surface area contributed by atoms with Crippen molar-refractivity contribution in [1.82, 2.24) is 4.90 Å². The standard InChI is InChI=1S/C24H24FNO5S/c1-30-15-14-26(24(27)17-19-6-3-2-4-7-19)18-20-8-5-9-22(16-20)31-32(28,29)23-12-10-21(25)11-13-23/h2-13,16H,14-15,17-18H2,1H3. The summed E-state index contributed by atoms with van der Waals surface area (Å²) in [6.07, 6.45) is 0.250. The van der Waals surface area contributed by atoms with Crippen molar-refractivity contribution in [2.75, 3.05) is 20.3 Å². The van der Waals surface area contributed by atoms with Crippen LogP contribution in [-0.2, 0) is 32.6 Å². The third-order valence-electron chi connectivity index (χ3n) is 4.70. The molecule has 0 aliphatic heterocycles. The number of carbonyl (C=O) groups excluding carboxylic acids is 1. The molecule has 0 aliphatic carbocycles. The molecule has 0 radical (unpaired) electrons. The largest absolute Gasteiger partial charge is 0.383 e. The van der Waals surface area contributed by atoms with Gasteiger partial charge in [0.25, 0.3) is 0 Å². The molecule has 0 aliphatic rings. The summed E-state index contributed by atoms with van der Waals surface area (Å²) in [5.74, 6) is -0.505. The van der Waals surface area contributed by atoms with Crippen molar-refractivity contribution in [2.45, 2.75) is 17.9 Å². The lowest BCUT2D eigenvalue weighted by molar-refractivity contribution is -0.131. The van der Waals surface area contributed by atoms with E-state index in [1.54, 1.807) is 30.2 Å². The second-order valence-corrected chi connectivity index (χ2v) is 8.66. The monoisotopic (exact) mass is 457 g/mol. The molecule has 3 rings (SSSR count). The van der Waals surface area contributed by atoms with E-state index in [1.165, 1.54) is 6.07 Å². The van der Waals surface area contributed by atoms with Crippen LogP contribution in [0.3, 0.4) is 0 Å². The quantitative estimate of drug-likeness (QED) is 0.433. The Morgan fingerprint density at radius 3 is 2.31 bits per heavy atom. The predicted octanol–water partition coefficient (Wildman–Crippen LogP) is 3.81. The van der Waals surface area contributed by atoms with Gasteiger partial charge < -0.3 is 13.8 Å². The lowest BCUT2D eigenvalue weighted by Gasteiger charge is -2.23. The van der Waals surface area contributed by atoms with Gasteiger partial charge in [-0.2, -0.15) is 8.42 Å². The van der Waals surface area contributed by atoms with E-state index in [-0.39, 0.29) is 29.5 Å². The molecule has 0 N–H and O–H groups in total. The van der Waals surface area contributed by atoms with Gasteiger partial charge in [-0.25, -0.2) is 4.39 Å². The van der Waals surface area contributed by atoms with Gasteiger partial charge in [-0.05, 0) is 47.5 Å². The summed E-state index contributed by atoms with van der Waals surface area (Å²) >= 11 is 0. The van der Waals surface area contributed by atoms with Crippen molar-refractivity contribution in [2.24, 2.45) is 0 Å². The highest BCUT2D eigenvalue weighted by atomic mass is 32.2.